The number of halogens is 2. The molecule has 0 heterocycles. The van der Waals surface area contributed by atoms with Crippen molar-refractivity contribution in [2.45, 2.75) is 25.3 Å². The van der Waals surface area contributed by atoms with Crippen LogP contribution in [-0.2, 0) is 0 Å². The minimum Gasteiger partial charge on any atom is -0.271 e. The van der Waals surface area contributed by atoms with Crippen LogP contribution in [0.2, 0.25) is 10.0 Å². The van der Waals surface area contributed by atoms with Gasteiger partial charge in [0.15, 0.2) is 0 Å². The van der Waals surface area contributed by atoms with Gasteiger partial charge in [0.1, 0.15) is 0 Å². The van der Waals surface area contributed by atoms with Crippen molar-refractivity contribution in [3.05, 3.63) is 33.8 Å². The highest BCUT2D eigenvalue weighted by molar-refractivity contribution is 6.42. The SMILES string of the molecule is NNC(c1ccc(Cl)c(Cl)c1)C1CCC1. The van der Waals surface area contributed by atoms with Crippen LogP contribution >= 0.6 is 23.2 Å². The molecule has 0 saturated heterocycles. The molecule has 2 rings (SSSR count). The lowest BCUT2D eigenvalue weighted by Gasteiger charge is -2.33. The third-order valence-electron chi connectivity index (χ3n) is 3.10. The second-order valence-corrected chi connectivity index (χ2v) is 4.82. The van der Waals surface area contributed by atoms with E-state index in [0.717, 1.165) is 5.56 Å². The van der Waals surface area contributed by atoms with Crippen LogP contribution in [0.4, 0.5) is 0 Å². The summed E-state index contributed by atoms with van der Waals surface area (Å²) in [6.07, 6.45) is 3.76. The number of nitrogens with one attached hydrogen (secondary N) is 1. The number of benzene rings is 1. The Bertz CT molecular complexity index is 350. The molecule has 0 bridgehead atoms. The minimum absolute atomic E-state index is 0.202. The average molecular weight is 245 g/mol. The molecular weight excluding hydrogens is 231 g/mol. The predicted octanol–water partition coefficient (Wildman–Crippen LogP) is 3.30. The lowest BCUT2D eigenvalue weighted by atomic mass is 9.77. The molecule has 1 atom stereocenters. The zero-order chi connectivity index (χ0) is 10.8. The van der Waals surface area contributed by atoms with Crippen LogP contribution in [0.1, 0.15) is 30.9 Å². The summed E-state index contributed by atoms with van der Waals surface area (Å²) in [7, 11) is 0. The van der Waals surface area contributed by atoms with Crippen LogP contribution in [0, 0.1) is 5.92 Å². The quantitative estimate of drug-likeness (QED) is 0.633. The number of hydrogen-bond donors (Lipinski definition) is 2. The molecule has 1 aromatic rings. The van der Waals surface area contributed by atoms with Gasteiger partial charge in [-0.25, -0.2) is 0 Å². The molecule has 1 unspecified atom stereocenters. The van der Waals surface area contributed by atoms with Crippen molar-refractivity contribution in [1.82, 2.24) is 5.43 Å². The average Bonchev–Trinajstić information content (AvgIpc) is 2.16. The molecule has 0 aromatic heterocycles. The number of hydrazine groups is 1. The maximum absolute atomic E-state index is 5.98. The van der Waals surface area contributed by atoms with Gasteiger partial charge >= 0.3 is 0 Å². The predicted molar refractivity (Wildman–Crippen MR) is 63.9 cm³/mol. The van der Waals surface area contributed by atoms with E-state index in [4.69, 9.17) is 29.0 Å². The summed E-state index contributed by atoms with van der Waals surface area (Å²) in [5.74, 6) is 6.21. The van der Waals surface area contributed by atoms with Crippen molar-refractivity contribution in [3.8, 4) is 0 Å². The summed E-state index contributed by atoms with van der Waals surface area (Å²) in [5, 5.41) is 1.18. The first kappa shape index (κ1) is 11.2. The van der Waals surface area contributed by atoms with Crippen molar-refractivity contribution in [3.63, 3.8) is 0 Å². The first-order chi connectivity index (χ1) is 7.22. The van der Waals surface area contributed by atoms with Gasteiger partial charge in [-0.15, -0.1) is 0 Å². The van der Waals surface area contributed by atoms with Gasteiger partial charge in [-0.1, -0.05) is 35.7 Å². The van der Waals surface area contributed by atoms with E-state index in [9.17, 15) is 0 Å². The van der Waals surface area contributed by atoms with Crippen LogP contribution in [-0.4, -0.2) is 0 Å². The standard InChI is InChI=1S/C11H14Cl2N2/c12-9-5-4-8(6-10(9)13)11(15-14)7-2-1-3-7/h4-7,11,15H,1-3,14H2. The van der Waals surface area contributed by atoms with Gasteiger partial charge in [0.25, 0.3) is 0 Å². The molecule has 1 aliphatic carbocycles. The van der Waals surface area contributed by atoms with E-state index in [1.54, 1.807) is 0 Å². The highest BCUT2D eigenvalue weighted by atomic mass is 35.5. The number of hydrogen-bond acceptors (Lipinski definition) is 2. The molecule has 15 heavy (non-hydrogen) atoms. The van der Waals surface area contributed by atoms with E-state index in [0.29, 0.717) is 16.0 Å². The molecule has 1 fully saturated rings. The molecule has 4 heteroatoms. The first-order valence-corrected chi connectivity index (χ1v) is 5.89. The fraction of sp³-hybridized carbons (Fsp3) is 0.455. The van der Waals surface area contributed by atoms with Gasteiger partial charge < -0.3 is 0 Å². The summed E-state index contributed by atoms with van der Waals surface area (Å²) in [6.45, 7) is 0. The third-order valence-corrected chi connectivity index (χ3v) is 3.84. The molecule has 3 N–H and O–H groups in total. The monoisotopic (exact) mass is 244 g/mol. The summed E-state index contributed by atoms with van der Waals surface area (Å²) in [6, 6.07) is 5.90. The Morgan fingerprint density at radius 2 is 2.00 bits per heavy atom. The number of rotatable bonds is 3. The number of nitrogens with two attached hydrogens (primary N) is 1. The van der Waals surface area contributed by atoms with Gasteiger partial charge in [0.2, 0.25) is 0 Å². The second kappa shape index (κ2) is 4.71. The second-order valence-electron chi connectivity index (χ2n) is 4.01. The Kier molecular flexibility index (Phi) is 3.52. The normalized spacial score (nSPS) is 18.6. The molecule has 0 aliphatic heterocycles. The van der Waals surface area contributed by atoms with Gasteiger partial charge in [0.05, 0.1) is 10.0 Å². The lowest BCUT2D eigenvalue weighted by molar-refractivity contribution is 0.232. The van der Waals surface area contributed by atoms with Crippen molar-refractivity contribution < 1.29 is 0 Å². The molecular formula is C11H14Cl2N2. The molecule has 1 aromatic carbocycles. The molecule has 2 nitrogen and oxygen atoms in total. The van der Waals surface area contributed by atoms with Crippen LogP contribution in [0.25, 0.3) is 0 Å². The molecule has 0 radical (unpaired) electrons. The summed E-state index contributed by atoms with van der Waals surface area (Å²) >= 11 is 11.9. The van der Waals surface area contributed by atoms with Crippen LogP contribution in [0.15, 0.2) is 18.2 Å². The topological polar surface area (TPSA) is 38.0 Å². The molecule has 0 spiro atoms. The van der Waals surface area contributed by atoms with E-state index in [2.05, 4.69) is 5.43 Å². The van der Waals surface area contributed by atoms with E-state index in [-0.39, 0.29) is 6.04 Å². The Hall–Kier alpha value is -0.280. The Morgan fingerprint density at radius 1 is 1.27 bits per heavy atom. The van der Waals surface area contributed by atoms with Crippen LogP contribution in [0.3, 0.4) is 0 Å². The Morgan fingerprint density at radius 3 is 2.47 bits per heavy atom. The largest absolute Gasteiger partial charge is 0.271 e. The van der Waals surface area contributed by atoms with Crippen molar-refractivity contribution in [1.29, 1.82) is 0 Å². The van der Waals surface area contributed by atoms with Crippen molar-refractivity contribution in [2.75, 3.05) is 0 Å². The van der Waals surface area contributed by atoms with Crippen LogP contribution in [0.5, 0.6) is 0 Å². The highest BCUT2D eigenvalue weighted by Gasteiger charge is 2.27. The summed E-state index contributed by atoms with van der Waals surface area (Å²) in [4.78, 5) is 0. The van der Waals surface area contributed by atoms with Crippen LogP contribution < -0.4 is 11.3 Å². The highest BCUT2D eigenvalue weighted by Crippen LogP contribution is 2.38. The van der Waals surface area contributed by atoms with Gasteiger partial charge in [0, 0.05) is 6.04 Å². The van der Waals surface area contributed by atoms with E-state index in [1.807, 2.05) is 18.2 Å². The fourth-order valence-electron chi connectivity index (χ4n) is 1.98. The van der Waals surface area contributed by atoms with E-state index in [1.165, 1.54) is 19.3 Å². The van der Waals surface area contributed by atoms with Gasteiger partial charge in [-0.05, 0) is 36.5 Å². The zero-order valence-electron chi connectivity index (χ0n) is 8.34. The van der Waals surface area contributed by atoms with E-state index >= 15 is 0 Å². The van der Waals surface area contributed by atoms with Gasteiger partial charge in [-0.3, -0.25) is 11.3 Å². The molecule has 1 saturated carbocycles. The van der Waals surface area contributed by atoms with Crippen molar-refractivity contribution >= 4 is 23.2 Å². The molecule has 1 aliphatic rings. The lowest BCUT2D eigenvalue weighted by Crippen LogP contribution is -2.36. The maximum Gasteiger partial charge on any atom is 0.0595 e. The fourth-order valence-corrected chi connectivity index (χ4v) is 2.29. The summed E-state index contributed by atoms with van der Waals surface area (Å²) in [5.41, 5.74) is 3.99. The maximum atomic E-state index is 5.98. The first-order valence-electron chi connectivity index (χ1n) is 5.13. The molecule has 0 amide bonds. The zero-order valence-corrected chi connectivity index (χ0v) is 9.85. The smallest absolute Gasteiger partial charge is 0.0595 e. The van der Waals surface area contributed by atoms with Gasteiger partial charge in [-0.2, -0.15) is 0 Å². The Balaban J connectivity index is 2.21. The molecule has 82 valence electrons. The summed E-state index contributed by atoms with van der Waals surface area (Å²) < 4.78 is 0. The van der Waals surface area contributed by atoms with E-state index < -0.39 is 0 Å². The minimum atomic E-state index is 0.202. The third kappa shape index (κ3) is 2.28. The van der Waals surface area contributed by atoms with Crippen molar-refractivity contribution in [2.24, 2.45) is 11.8 Å². The Labute approximate surface area is 99.7 Å².